The van der Waals surface area contributed by atoms with E-state index in [0.29, 0.717) is 5.41 Å². The van der Waals surface area contributed by atoms with Crippen molar-refractivity contribution in [1.82, 2.24) is 14.9 Å². The summed E-state index contributed by atoms with van der Waals surface area (Å²) in [5.74, 6) is 0. The number of aromatic nitrogens is 2. The number of nitrogens with zero attached hydrogens (tertiary/aromatic N) is 2. The molecule has 0 aromatic carbocycles. The molecule has 96 valence electrons. The van der Waals surface area contributed by atoms with E-state index in [9.17, 15) is 0 Å². The first-order valence-electron chi connectivity index (χ1n) is 7.01. The highest BCUT2D eigenvalue weighted by atomic mass is 15.0. The van der Waals surface area contributed by atoms with E-state index < -0.39 is 0 Å². The Hall–Kier alpha value is -0.830. The lowest BCUT2D eigenvalue weighted by Crippen LogP contribution is -2.32. The third-order valence-electron chi connectivity index (χ3n) is 4.24. The molecule has 0 bridgehead atoms. The molecule has 1 saturated carbocycles. The van der Waals surface area contributed by atoms with Crippen LogP contribution in [0.1, 0.15) is 45.4 Å². The Morgan fingerprint density at radius 1 is 1.35 bits per heavy atom. The summed E-state index contributed by atoms with van der Waals surface area (Å²) in [6.07, 6.45) is 14.0. The molecule has 0 aliphatic heterocycles. The van der Waals surface area contributed by atoms with Crippen LogP contribution in [0.5, 0.6) is 0 Å². The normalized spacial score (nSPS) is 18.6. The summed E-state index contributed by atoms with van der Waals surface area (Å²) in [6.45, 7) is 5.76. The monoisotopic (exact) mass is 235 g/mol. The molecule has 0 spiro atoms. The summed E-state index contributed by atoms with van der Waals surface area (Å²) in [5.41, 5.74) is 0.620. The van der Waals surface area contributed by atoms with Crippen LogP contribution >= 0.6 is 0 Å². The van der Waals surface area contributed by atoms with Gasteiger partial charge in [0.15, 0.2) is 0 Å². The lowest BCUT2D eigenvalue weighted by molar-refractivity contribution is 0.268. The van der Waals surface area contributed by atoms with Crippen molar-refractivity contribution in [2.45, 2.75) is 52.0 Å². The largest absolute Gasteiger partial charge is 0.337 e. The van der Waals surface area contributed by atoms with Crippen molar-refractivity contribution in [2.75, 3.05) is 13.1 Å². The van der Waals surface area contributed by atoms with Crippen molar-refractivity contribution in [1.29, 1.82) is 0 Å². The van der Waals surface area contributed by atoms with Gasteiger partial charge in [-0.25, -0.2) is 4.98 Å². The third-order valence-corrected chi connectivity index (χ3v) is 4.24. The van der Waals surface area contributed by atoms with E-state index in [0.717, 1.165) is 13.1 Å². The molecule has 2 rings (SSSR count). The molecular weight excluding hydrogens is 210 g/mol. The molecule has 1 heterocycles. The lowest BCUT2D eigenvalue weighted by Gasteiger charge is -2.27. The van der Waals surface area contributed by atoms with E-state index >= 15 is 0 Å². The minimum Gasteiger partial charge on any atom is -0.337 e. The zero-order chi connectivity index (χ0) is 12.0. The highest BCUT2D eigenvalue weighted by molar-refractivity contribution is 4.85. The first-order chi connectivity index (χ1) is 8.35. The van der Waals surface area contributed by atoms with Crippen LogP contribution in [0.2, 0.25) is 0 Å². The molecule has 1 aromatic rings. The van der Waals surface area contributed by atoms with Crippen LogP contribution in [0.25, 0.3) is 0 Å². The lowest BCUT2D eigenvalue weighted by atomic mass is 9.83. The Morgan fingerprint density at radius 2 is 2.18 bits per heavy atom. The number of aryl methyl sites for hydroxylation is 1. The zero-order valence-corrected chi connectivity index (χ0v) is 11.0. The minimum atomic E-state index is 0.620. The maximum atomic E-state index is 4.05. The van der Waals surface area contributed by atoms with Crippen molar-refractivity contribution >= 4 is 0 Å². The molecular formula is C14H25N3. The van der Waals surface area contributed by atoms with Gasteiger partial charge in [0.1, 0.15) is 0 Å². The predicted octanol–water partition coefficient (Wildman–Crippen LogP) is 2.83. The van der Waals surface area contributed by atoms with Crippen molar-refractivity contribution in [2.24, 2.45) is 5.41 Å². The van der Waals surface area contributed by atoms with Crippen molar-refractivity contribution in [3.05, 3.63) is 18.7 Å². The van der Waals surface area contributed by atoms with Gasteiger partial charge in [-0.15, -0.1) is 0 Å². The number of nitrogens with one attached hydrogen (secondary N) is 1. The Balaban J connectivity index is 1.59. The highest BCUT2D eigenvalue weighted by Gasteiger charge is 2.31. The molecule has 0 saturated heterocycles. The van der Waals surface area contributed by atoms with Gasteiger partial charge in [0.2, 0.25) is 0 Å². The Labute approximate surface area is 105 Å². The van der Waals surface area contributed by atoms with Crippen molar-refractivity contribution in [3.8, 4) is 0 Å². The molecule has 0 unspecified atom stereocenters. The van der Waals surface area contributed by atoms with E-state index in [2.05, 4.69) is 21.8 Å². The van der Waals surface area contributed by atoms with Gasteiger partial charge in [-0.05, 0) is 37.6 Å². The predicted molar refractivity (Wildman–Crippen MR) is 70.9 cm³/mol. The maximum absolute atomic E-state index is 4.05. The second-order valence-corrected chi connectivity index (χ2v) is 5.39. The van der Waals surface area contributed by atoms with Crippen LogP contribution in [-0.4, -0.2) is 22.6 Å². The standard InChI is InChI=1S/C14H25N3/c1-2-14(6-3-4-7-14)12-15-8-5-10-17-11-9-16-13-17/h9,11,13,15H,2-8,10,12H2,1H3. The van der Waals surface area contributed by atoms with Crippen LogP contribution in [0, 0.1) is 5.41 Å². The summed E-state index contributed by atoms with van der Waals surface area (Å²) in [6, 6.07) is 0. The first kappa shape index (κ1) is 12.6. The molecule has 1 aliphatic carbocycles. The van der Waals surface area contributed by atoms with Crippen LogP contribution < -0.4 is 5.32 Å². The van der Waals surface area contributed by atoms with Crippen molar-refractivity contribution < 1.29 is 0 Å². The molecule has 0 radical (unpaired) electrons. The number of hydrogen-bond donors (Lipinski definition) is 1. The smallest absolute Gasteiger partial charge is 0.0945 e. The molecule has 1 aromatic heterocycles. The van der Waals surface area contributed by atoms with E-state index in [-0.39, 0.29) is 0 Å². The van der Waals surface area contributed by atoms with Crippen LogP contribution in [-0.2, 0) is 6.54 Å². The minimum absolute atomic E-state index is 0.620. The molecule has 1 N–H and O–H groups in total. The van der Waals surface area contributed by atoms with Gasteiger partial charge in [0, 0.05) is 25.5 Å². The van der Waals surface area contributed by atoms with E-state index in [1.807, 2.05) is 18.7 Å². The van der Waals surface area contributed by atoms with Crippen LogP contribution in [0.3, 0.4) is 0 Å². The summed E-state index contributed by atoms with van der Waals surface area (Å²) < 4.78 is 2.15. The third kappa shape index (κ3) is 3.56. The summed E-state index contributed by atoms with van der Waals surface area (Å²) in [4.78, 5) is 4.05. The summed E-state index contributed by atoms with van der Waals surface area (Å²) in [5, 5.41) is 3.65. The van der Waals surface area contributed by atoms with Gasteiger partial charge in [-0.1, -0.05) is 19.8 Å². The summed E-state index contributed by atoms with van der Waals surface area (Å²) in [7, 11) is 0. The Bertz CT molecular complexity index is 299. The van der Waals surface area contributed by atoms with Crippen molar-refractivity contribution in [3.63, 3.8) is 0 Å². The van der Waals surface area contributed by atoms with Gasteiger partial charge in [-0.2, -0.15) is 0 Å². The average molecular weight is 235 g/mol. The van der Waals surface area contributed by atoms with Crippen LogP contribution in [0.4, 0.5) is 0 Å². The topological polar surface area (TPSA) is 29.9 Å². The molecule has 0 atom stereocenters. The number of rotatable bonds is 7. The molecule has 17 heavy (non-hydrogen) atoms. The summed E-state index contributed by atoms with van der Waals surface area (Å²) >= 11 is 0. The maximum Gasteiger partial charge on any atom is 0.0945 e. The van der Waals surface area contributed by atoms with Crippen LogP contribution in [0.15, 0.2) is 18.7 Å². The highest BCUT2D eigenvalue weighted by Crippen LogP contribution is 2.40. The molecule has 1 aliphatic rings. The first-order valence-corrected chi connectivity index (χ1v) is 7.01. The quantitative estimate of drug-likeness (QED) is 0.737. The second kappa shape index (κ2) is 6.20. The molecule has 1 fully saturated rings. The van der Waals surface area contributed by atoms with E-state index in [1.165, 1.54) is 45.1 Å². The Kier molecular flexibility index (Phi) is 4.60. The fourth-order valence-corrected chi connectivity index (χ4v) is 2.94. The molecule has 3 nitrogen and oxygen atoms in total. The van der Waals surface area contributed by atoms with Gasteiger partial charge in [0.25, 0.3) is 0 Å². The average Bonchev–Trinajstić information content (AvgIpc) is 3.00. The number of imidazole rings is 1. The second-order valence-electron chi connectivity index (χ2n) is 5.39. The molecule has 3 heteroatoms. The Morgan fingerprint density at radius 3 is 2.82 bits per heavy atom. The van der Waals surface area contributed by atoms with Gasteiger partial charge < -0.3 is 9.88 Å². The SMILES string of the molecule is CCC1(CNCCCn2ccnc2)CCCC1. The fraction of sp³-hybridized carbons (Fsp3) is 0.786. The van der Waals surface area contributed by atoms with Gasteiger partial charge in [0.05, 0.1) is 6.33 Å². The fourth-order valence-electron chi connectivity index (χ4n) is 2.94. The van der Waals surface area contributed by atoms with Gasteiger partial charge in [-0.3, -0.25) is 0 Å². The van der Waals surface area contributed by atoms with E-state index in [4.69, 9.17) is 0 Å². The zero-order valence-electron chi connectivity index (χ0n) is 11.0. The van der Waals surface area contributed by atoms with Gasteiger partial charge >= 0.3 is 0 Å². The molecule has 0 amide bonds. The van der Waals surface area contributed by atoms with E-state index in [1.54, 1.807) is 0 Å². The number of hydrogen-bond acceptors (Lipinski definition) is 2.